The van der Waals surface area contributed by atoms with E-state index in [9.17, 15) is 24.6 Å². The predicted molar refractivity (Wildman–Crippen MR) is 139 cm³/mol. The van der Waals surface area contributed by atoms with Crippen LogP contribution in [0.1, 0.15) is 37.7 Å². The molecule has 41 heavy (non-hydrogen) atoms. The van der Waals surface area contributed by atoms with E-state index in [4.69, 9.17) is 30.5 Å². The number of ether oxygens (including phenoxy) is 4. The first-order valence-electron chi connectivity index (χ1n) is 12.8. The lowest BCUT2D eigenvalue weighted by molar-refractivity contribution is -0.135. The minimum Gasteiger partial charge on any atom is -0.387 e. The molecule has 0 spiro atoms. The highest BCUT2D eigenvalue weighted by atomic mass is 35.5. The number of aromatic nitrogens is 8. The van der Waals surface area contributed by atoms with Gasteiger partial charge in [0.15, 0.2) is 17.7 Å². The zero-order valence-electron chi connectivity index (χ0n) is 21.9. The van der Waals surface area contributed by atoms with Crippen LogP contribution in [0.3, 0.4) is 0 Å². The van der Waals surface area contributed by atoms with Gasteiger partial charge in [0, 0.05) is 13.2 Å². The van der Waals surface area contributed by atoms with Gasteiger partial charge in [0.1, 0.15) is 30.7 Å². The van der Waals surface area contributed by atoms with Gasteiger partial charge in [0.2, 0.25) is 10.6 Å². The highest BCUT2D eigenvalue weighted by Crippen LogP contribution is 2.52. The number of hydrogen-bond donors (Lipinski definition) is 6. The van der Waals surface area contributed by atoms with Gasteiger partial charge in [-0.15, -0.1) is 10.2 Å². The van der Waals surface area contributed by atoms with Crippen molar-refractivity contribution in [2.75, 3.05) is 32.2 Å². The molecule has 6 N–H and O–H groups in total. The molecule has 3 aromatic heterocycles. The Morgan fingerprint density at radius 1 is 1.24 bits per heavy atom. The molecule has 4 heterocycles. The number of halogens is 1. The number of fused-ring (bicyclic) bond motifs is 1. The number of H-pyrrole nitrogens is 1. The minimum atomic E-state index is -5.03. The van der Waals surface area contributed by atoms with Gasteiger partial charge in [-0.3, -0.25) is 4.57 Å². The molecule has 1 aliphatic heterocycles. The SMILES string of the molecule is COC[C@@](COCc1nn[nH]n1)(OC[C@H]1O[C@@H](n2ncc3c(NC4CCCC4)nc(Cl)nc32)[C@H](O)[C@@H]1O)P(=O)(O)O. The molecule has 5 rings (SSSR count). The van der Waals surface area contributed by atoms with Crippen LogP contribution in [0.25, 0.3) is 11.0 Å². The second kappa shape index (κ2) is 12.5. The van der Waals surface area contributed by atoms with Crippen molar-refractivity contribution in [2.24, 2.45) is 0 Å². The largest absolute Gasteiger partial charge is 0.387 e. The highest BCUT2D eigenvalue weighted by Gasteiger charge is 2.52. The molecule has 20 heteroatoms. The van der Waals surface area contributed by atoms with Crippen LogP contribution in [0.2, 0.25) is 5.28 Å². The van der Waals surface area contributed by atoms with Crippen molar-refractivity contribution in [3.8, 4) is 0 Å². The van der Waals surface area contributed by atoms with Crippen LogP contribution < -0.4 is 5.32 Å². The third-order valence-corrected chi connectivity index (χ3v) is 8.68. The van der Waals surface area contributed by atoms with Gasteiger partial charge in [0.05, 0.1) is 31.4 Å². The Morgan fingerprint density at radius 2 is 2.02 bits per heavy atom. The number of tetrazole rings is 1. The zero-order valence-corrected chi connectivity index (χ0v) is 23.6. The monoisotopic (exact) mass is 619 g/mol. The quantitative estimate of drug-likeness (QED) is 0.106. The second-order valence-corrected chi connectivity index (χ2v) is 12.1. The average molecular weight is 620 g/mol. The maximum atomic E-state index is 12.5. The van der Waals surface area contributed by atoms with E-state index in [0.29, 0.717) is 11.2 Å². The first-order valence-corrected chi connectivity index (χ1v) is 14.8. The van der Waals surface area contributed by atoms with Crippen LogP contribution in [-0.4, -0.2) is 117 Å². The van der Waals surface area contributed by atoms with Crippen LogP contribution in [0, 0.1) is 0 Å². The van der Waals surface area contributed by atoms with Gasteiger partial charge >= 0.3 is 7.60 Å². The van der Waals surface area contributed by atoms with E-state index in [0.717, 1.165) is 25.7 Å². The summed E-state index contributed by atoms with van der Waals surface area (Å²) in [6.07, 6.45) is 0.284. The van der Waals surface area contributed by atoms with Crippen LogP contribution in [-0.2, 0) is 30.1 Å². The van der Waals surface area contributed by atoms with Crippen molar-refractivity contribution in [2.45, 2.75) is 68.2 Å². The third-order valence-electron chi connectivity index (χ3n) is 7.07. The summed E-state index contributed by atoms with van der Waals surface area (Å²) in [4.78, 5) is 28.9. The zero-order chi connectivity index (χ0) is 29.2. The second-order valence-electron chi connectivity index (χ2n) is 9.89. The van der Waals surface area contributed by atoms with Crippen molar-refractivity contribution < 1.29 is 43.5 Å². The first-order chi connectivity index (χ1) is 19.6. The Kier molecular flexibility index (Phi) is 9.15. The summed E-state index contributed by atoms with van der Waals surface area (Å²) in [6.45, 7) is -1.94. The Labute approximate surface area is 237 Å². The van der Waals surface area contributed by atoms with E-state index in [1.807, 2.05) is 0 Å². The van der Waals surface area contributed by atoms with Crippen LogP contribution >= 0.6 is 19.2 Å². The van der Waals surface area contributed by atoms with E-state index in [2.05, 4.69) is 41.0 Å². The fraction of sp³-hybridized carbons (Fsp3) is 0.714. The number of methoxy groups -OCH3 is 1. The Morgan fingerprint density at radius 3 is 2.71 bits per heavy atom. The van der Waals surface area contributed by atoms with Gasteiger partial charge in [0.25, 0.3) is 0 Å². The van der Waals surface area contributed by atoms with Gasteiger partial charge in [-0.2, -0.15) is 20.3 Å². The molecule has 1 saturated carbocycles. The molecule has 5 atom stereocenters. The molecule has 1 aliphatic carbocycles. The standard InChI is InChI=1S/C21H31ClN9O9P/c1-37-9-21(41(34,35)36,10-38-8-14-27-29-30-28-14)39-7-13-15(32)16(33)19(40-13)31-18-12(6-23-31)17(25-20(22)26-18)24-11-4-2-3-5-11/h6,11,13,15-16,19,32-33H,2-5,7-10H2,1H3,(H,24,25,26)(H2,34,35,36)(H,27,28,29,30)/t13-,15-,16-,19-,21-/m1/s1. The third kappa shape index (κ3) is 6.36. The summed E-state index contributed by atoms with van der Waals surface area (Å²) < 4.78 is 35.8. The molecule has 0 aromatic carbocycles. The molecular weight excluding hydrogens is 589 g/mol. The molecule has 1 saturated heterocycles. The van der Waals surface area contributed by atoms with E-state index in [1.165, 1.54) is 18.0 Å². The average Bonchev–Trinajstić information content (AvgIpc) is 3.73. The van der Waals surface area contributed by atoms with Crippen LogP contribution in [0.5, 0.6) is 0 Å². The Bertz CT molecular complexity index is 1360. The molecule has 2 aliphatic rings. The number of aliphatic hydroxyl groups is 2. The molecule has 226 valence electrons. The van der Waals surface area contributed by atoms with Crippen molar-refractivity contribution in [1.82, 2.24) is 40.4 Å². The topological polar surface area (TPSA) is 245 Å². The lowest BCUT2D eigenvalue weighted by atomic mass is 10.1. The van der Waals surface area contributed by atoms with Crippen molar-refractivity contribution >= 4 is 36.0 Å². The van der Waals surface area contributed by atoms with Crippen molar-refractivity contribution in [3.05, 3.63) is 17.3 Å². The summed E-state index contributed by atoms with van der Waals surface area (Å²) in [5, 5.41) is 40.6. The number of aromatic amines is 1. The number of anilines is 1. The van der Waals surface area contributed by atoms with Gasteiger partial charge < -0.3 is 44.3 Å². The Balaban J connectivity index is 1.32. The normalized spacial score (nSPS) is 25.2. The summed E-state index contributed by atoms with van der Waals surface area (Å²) in [5.41, 5.74) is 0.266. The fourth-order valence-corrected chi connectivity index (χ4v) is 5.88. The molecule has 0 radical (unpaired) electrons. The molecule has 0 unspecified atom stereocenters. The lowest BCUT2D eigenvalue weighted by Gasteiger charge is -2.34. The highest BCUT2D eigenvalue weighted by molar-refractivity contribution is 7.53. The van der Waals surface area contributed by atoms with E-state index in [-0.39, 0.29) is 29.4 Å². The molecule has 3 aromatic rings. The fourth-order valence-electron chi connectivity index (χ4n) is 4.91. The van der Waals surface area contributed by atoms with Crippen molar-refractivity contribution in [3.63, 3.8) is 0 Å². The number of nitrogens with one attached hydrogen (secondary N) is 2. The summed E-state index contributed by atoms with van der Waals surface area (Å²) in [6, 6.07) is 0.238. The van der Waals surface area contributed by atoms with E-state index in [1.54, 1.807) is 0 Å². The molecule has 18 nitrogen and oxygen atoms in total. The van der Waals surface area contributed by atoms with Crippen LogP contribution in [0.4, 0.5) is 5.82 Å². The smallest absolute Gasteiger partial charge is 0.361 e. The van der Waals surface area contributed by atoms with Gasteiger partial charge in [-0.1, -0.05) is 18.1 Å². The molecule has 2 fully saturated rings. The number of nitrogens with zero attached hydrogens (tertiary/aromatic N) is 7. The summed E-state index contributed by atoms with van der Waals surface area (Å²) in [7, 11) is -3.80. The predicted octanol–water partition coefficient (Wildman–Crippen LogP) is -0.280. The van der Waals surface area contributed by atoms with E-state index >= 15 is 0 Å². The molecule has 0 bridgehead atoms. The number of rotatable bonds is 13. The maximum absolute atomic E-state index is 12.5. The maximum Gasteiger partial charge on any atom is 0.361 e. The summed E-state index contributed by atoms with van der Waals surface area (Å²) >= 11 is 6.20. The first kappa shape index (κ1) is 30.1. The van der Waals surface area contributed by atoms with Crippen molar-refractivity contribution in [1.29, 1.82) is 0 Å². The van der Waals surface area contributed by atoms with E-state index < -0.39 is 57.3 Å². The lowest BCUT2D eigenvalue weighted by Crippen LogP contribution is -2.45. The molecular formula is C21H31ClN9O9P. The minimum absolute atomic E-state index is 0.0421. The van der Waals surface area contributed by atoms with Gasteiger partial charge in [-0.25, -0.2) is 4.68 Å². The molecule has 0 amide bonds. The Hall–Kier alpha value is -2.38. The summed E-state index contributed by atoms with van der Waals surface area (Å²) in [5.74, 6) is 0.650. The van der Waals surface area contributed by atoms with Crippen LogP contribution in [0.15, 0.2) is 6.20 Å². The van der Waals surface area contributed by atoms with Gasteiger partial charge in [-0.05, 0) is 24.4 Å². The number of hydrogen-bond acceptors (Lipinski definition) is 14. The number of aliphatic hydroxyl groups excluding tert-OH is 2.